The molecule has 4 aromatic rings. The zero-order valence-corrected chi connectivity index (χ0v) is 21.7. The fourth-order valence-corrected chi connectivity index (χ4v) is 3.77. The number of amides is 1. The van der Waals surface area contributed by atoms with Crippen molar-refractivity contribution in [1.82, 2.24) is 39.4 Å². The number of benzene rings is 1. The summed E-state index contributed by atoms with van der Waals surface area (Å²) in [4.78, 5) is 33.6. The van der Waals surface area contributed by atoms with Gasteiger partial charge in [0.15, 0.2) is 23.6 Å². The van der Waals surface area contributed by atoms with Crippen molar-refractivity contribution in [1.29, 1.82) is 0 Å². The van der Waals surface area contributed by atoms with Gasteiger partial charge >= 0.3 is 18.0 Å². The average Bonchev–Trinajstić information content (AvgIpc) is 3.44. The Balaban J connectivity index is 1.77. The molecule has 11 nitrogen and oxygen atoms in total. The molecule has 41 heavy (non-hydrogen) atoms. The van der Waals surface area contributed by atoms with Gasteiger partial charge in [-0.1, -0.05) is 23.2 Å². The molecule has 0 bridgehead atoms. The molecule has 0 aliphatic carbocycles. The zero-order chi connectivity index (χ0) is 30.1. The molecule has 0 radical (unpaired) electrons. The van der Waals surface area contributed by atoms with E-state index in [-0.39, 0.29) is 33.1 Å². The molecule has 1 amide bonds. The van der Waals surface area contributed by atoms with E-state index in [1.807, 2.05) is 0 Å². The van der Waals surface area contributed by atoms with Crippen LogP contribution in [0.15, 0.2) is 47.4 Å². The Morgan fingerprint density at radius 1 is 1.05 bits per heavy atom. The van der Waals surface area contributed by atoms with Gasteiger partial charge in [0.2, 0.25) is 5.82 Å². The molecule has 1 atom stereocenters. The summed E-state index contributed by atoms with van der Waals surface area (Å²) in [7, 11) is 0. The first-order chi connectivity index (χ1) is 19.1. The van der Waals surface area contributed by atoms with Crippen LogP contribution < -0.4 is 11.0 Å². The lowest BCUT2D eigenvalue weighted by molar-refractivity contribution is -0.207. The molecular weight excluding hydrogens is 609 g/mol. The van der Waals surface area contributed by atoms with Gasteiger partial charge in [-0.25, -0.2) is 19.4 Å². The third kappa shape index (κ3) is 7.04. The number of aliphatic hydroxyl groups is 1. The molecule has 0 spiro atoms. The minimum absolute atomic E-state index is 0.0542. The molecule has 0 aliphatic rings. The number of nitrogens with one attached hydrogen (secondary N) is 1. The van der Waals surface area contributed by atoms with Crippen LogP contribution >= 0.6 is 23.2 Å². The van der Waals surface area contributed by atoms with Gasteiger partial charge in [-0.2, -0.15) is 31.0 Å². The van der Waals surface area contributed by atoms with Crippen LogP contribution in [0.2, 0.25) is 10.0 Å². The molecule has 1 aromatic carbocycles. The van der Waals surface area contributed by atoms with E-state index < -0.39 is 55.5 Å². The summed E-state index contributed by atoms with van der Waals surface area (Å²) in [5.41, 5.74) is -0.945. The lowest BCUT2D eigenvalue weighted by Gasteiger charge is -2.15. The number of halogens is 8. The lowest BCUT2D eigenvalue weighted by Crippen LogP contribution is -2.37. The molecule has 0 fully saturated rings. The Morgan fingerprint density at radius 2 is 1.73 bits per heavy atom. The number of hydrogen-bond donors (Lipinski definition) is 2. The normalized spacial score (nSPS) is 12.9. The lowest BCUT2D eigenvalue weighted by atomic mass is 10.2. The van der Waals surface area contributed by atoms with Crippen LogP contribution in [0, 0.1) is 0 Å². The maximum Gasteiger partial charge on any atom is 0.416 e. The van der Waals surface area contributed by atoms with Crippen molar-refractivity contribution in [3.8, 4) is 17.2 Å². The predicted octanol–water partition coefficient (Wildman–Crippen LogP) is 3.26. The first kappa shape index (κ1) is 30.0. The number of aromatic nitrogens is 7. The highest BCUT2D eigenvalue weighted by Gasteiger charge is 2.39. The number of nitrogens with zero attached hydrogens (tertiary/aromatic N) is 7. The second kappa shape index (κ2) is 11.5. The van der Waals surface area contributed by atoms with Gasteiger partial charge in [0.1, 0.15) is 13.1 Å². The molecule has 0 saturated carbocycles. The van der Waals surface area contributed by atoms with Crippen molar-refractivity contribution in [2.75, 3.05) is 6.54 Å². The smallest absolute Gasteiger partial charge is 0.382 e. The Labute approximate surface area is 235 Å². The maximum atomic E-state index is 13.1. The third-order valence-corrected chi connectivity index (χ3v) is 5.84. The van der Waals surface area contributed by atoms with Gasteiger partial charge in [0, 0.05) is 16.8 Å². The highest BCUT2D eigenvalue weighted by Crippen LogP contribution is 2.24. The van der Waals surface area contributed by atoms with Crippen LogP contribution in [0.1, 0.15) is 16.4 Å². The van der Waals surface area contributed by atoms with E-state index in [2.05, 4.69) is 20.2 Å². The van der Waals surface area contributed by atoms with E-state index in [4.69, 9.17) is 23.2 Å². The summed E-state index contributed by atoms with van der Waals surface area (Å²) in [5.74, 6) is -2.79. The highest BCUT2D eigenvalue weighted by molar-refractivity contribution is 6.32. The van der Waals surface area contributed by atoms with Gasteiger partial charge in [-0.3, -0.25) is 9.36 Å². The average molecular weight is 625 g/mol. The van der Waals surface area contributed by atoms with Gasteiger partial charge in [0.25, 0.3) is 5.91 Å². The van der Waals surface area contributed by atoms with Gasteiger partial charge in [-0.15, -0.1) is 10.2 Å². The summed E-state index contributed by atoms with van der Waals surface area (Å²) >= 11 is 12.0. The molecule has 218 valence electrons. The van der Waals surface area contributed by atoms with Crippen molar-refractivity contribution in [2.24, 2.45) is 0 Å². The number of carbonyl (C=O) groups excluding carboxylic acids is 1. The molecule has 0 unspecified atom stereocenters. The van der Waals surface area contributed by atoms with Crippen LogP contribution in [0.5, 0.6) is 0 Å². The topological polar surface area (TPSA) is 133 Å². The first-order valence-corrected chi connectivity index (χ1v) is 12.0. The standard InChI is InChI=1S/C22H16Cl2F6N8O3/c23-12-5-3-11(4-6-12)16-35-37(20(41)36(16)8-14(39)22(28,29)30)9-15-33-18(19(40)32-10-21(25,26)27)38(34-15)17-13(24)2-1-7-31-17/h1-7,14,39H,8-10H2,(H,32,40)/t14-/m0/s1. The molecule has 3 aromatic heterocycles. The number of hydrogen-bond acceptors (Lipinski definition) is 7. The van der Waals surface area contributed by atoms with Crippen LogP contribution in [0.4, 0.5) is 26.3 Å². The molecule has 2 N–H and O–H groups in total. The molecule has 3 heterocycles. The highest BCUT2D eigenvalue weighted by atomic mass is 35.5. The quantitative estimate of drug-likeness (QED) is 0.288. The monoisotopic (exact) mass is 624 g/mol. The number of carbonyl (C=O) groups is 1. The van der Waals surface area contributed by atoms with Crippen LogP contribution in [-0.2, 0) is 13.1 Å². The summed E-state index contributed by atoms with van der Waals surface area (Å²) in [5, 5.41) is 19.6. The summed E-state index contributed by atoms with van der Waals surface area (Å²) in [6, 6.07) is 8.35. The van der Waals surface area contributed by atoms with E-state index in [9.17, 15) is 41.0 Å². The van der Waals surface area contributed by atoms with E-state index in [0.717, 1.165) is 4.68 Å². The van der Waals surface area contributed by atoms with E-state index >= 15 is 0 Å². The molecule has 19 heteroatoms. The van der Waals surface area contributed by atoms with E-state index in [1.54, 1.807) is 5.32 Å². The van der Waals surface area contributed by atoms with Crippen molar-refractivity contribution >= 4 is 29.1 Å². The maximum absolute atomic E-state index is 13.1. The van der Waals surface area contributed by atoms with Crippen molar-refractivity contribution in [3.63, 3.8) is 0 Å². The Kier molecular flexibility index (Phi) is 8.41. The fraction of sp³-hybridized carbons (Fsp3) is 0.273. The van der Waals surface area contributed by atoms with Gasteiger partial charge in [-0.05, 0) is 36.4 Å². The minimum atomic E-state index is -5.06. The molecular formula is C22H16Cl2F6N8O3. The third-order valence-electron chi connectivity index (χ3n) is 5.29. The van der Waals surface area contributed by atoms with Crippen molar-refractivity contribution < 1.29 is 36.2 Å². The summed E-state index contributed by atoms with van der Waals surface area (Å²) in [6.07, 6.45) is -11.5. The largest absolute Gasteiger partial charge is 0.416 e. The summed E-state index contributed by atoms with van der Waals surface area (Å²) < 4.78 is 79.4. The number of rotatable bonds is 8. The number of aliphatic hydroxyl groups excluding tert-OH is 1. The van der Waals surface area contributed by atoms with Crippen LogP contribution in [0.25, 0.3) is 17.2 Å². The predicted molar refractivity (Wildman–Crippen MR) is 131 cm³/mol. The fourth-order valence-electron chi connectivity index (χ4n) is 3.44. The number of alkyl halides is 6. The second-order valence-corrected chi connectivity index (χ2v) is 9.15. The minimum Gasteiger partial charge on any atom is -0.382 e. The van der Waals surface area contributed by atoms with Crippen LogP contribution in [-0.4, -0.2) is 70.1 Å². The SMILES string of the molecule is O=C(NCC(F)(F)F)c1nc(Cn2nc(-c3ccc(Cl)cc3)n(C[C@H](O)C(F)(F)F)c2=O)nn1-c1ncccc1Cl. The van der Waals surface area contributed by atoms with Crippen LogP contribution in [0.3, 0.4) is 0 Å². The Hall–Kier alpha value is -3.96. The van der Waals surface area contributed by atoms with Crippen molar-refractivity contribution in [3.05, 3.63) is 74.8 Å². The molecule has 0 aliphatic heterocycles. The van der Waals surface area contributed by atoms with Crippen molar-refractivity contribution in [2.45, 2.75) is 31.5 Å². The second-order valence-electron chi connectivity index (χ2n) is 8.31. The number of pyridine rings is 1. The molecule has 4 rings (SSSR count). The van der Waals surface area contributed by atoms with E-state index in [1.165, 1.54) is 42.6 Å². The van der Waals surface area contributed by atoms with E-state index in [0.29, 0.717) is 9.25 Å². The summed E-state index contributed by atoms with van der Waals surface area (Å²) in [6.45, 7) is -3.55. The zero-order valence-electron chi connectivity index (χ0n) is 20.2. The Bertz CT molecular complexity index is 1620. The Morgan fingerprint density at radius 3 is 2.34 bits per heavy atom. The van der Waals surface area contributed by atoms with Gasteiger partial charge in [0.05, 0.1) is 11.6 Å². The first-order valence-electron chi connectivity index (χ1n) is 11.2. The van der Waals surface area contributed by atoms with Gasteiger partial charge < -0.3 is 10.4 Å². The molecule has 0 saturated heterocycles.